The van der Waals surface area contributed by atoms with E-state index in [0.717, 1.165) is 18.4 Å². The fourth-order valence-electron chi connectivity index (χ4n) is 3.69. The zero-order valence-electron chi connectivity index (χ0n) is 14.8. The van der Waals surface area contributed by atoms with E-state index in [1.165, 1.54) is 12.8 Å². The standard InChI is InChI=1S/C19H23NO5S/c1-23-17-7-6-14(12-18(17)24-15-4-2-3-5-15)19(13-20)10-8-16(9-11-19)25-26(21)22/h6-8,12,15,26H,2-5,9-11H2,1H3. The van der Waals surface area contributed by atoms with Crippen LogP contribution in [0.3, 0.4) is 0 Å². The van der Waals surface area contributed by atoms with Crippen molar-refractivity contribution < 1.29 is 22.1 Å². The van der Waals surface area contributed by atoms with Gasteiger partial charge < -0.3 is 13.7 Å². The van der Waals surface area contributed by atoms with E-state index in [4.69, 9.17) is 13.7 Å². The molecule has 1 unspecified atom stereocenters. The Morgan fingerprint density at radius 1 is 1.23 bits per heavy atom. The molecule has 140 valence electrons. The first kappa shape index (κ1) is 18.6. The van der Waals surface area contributed by atoms with E-state index in [2.05, 4.69) is 6.07 Å². The number of rotatable bonds is 6. The molecule has 1 aromatic rings. The molecule has 0 amide bonds. The molecule has 0 N–H and O–H groups in total. The van der Waals surface area contributed by atoms with Crippen LogP contribution < -0.4 is 9.47 Å². The fraction of sp³-hybridized carbons (Fsp3) is 0.526. The van der Waals surface area contributed by atoms with Crippen molar-refractivity contribution in [3.8, 4) is 17.6 Å². The highest BCUT2D eigenvalue weighted by atomic mass is 32.2. The van der Waals surface area contributed by atoms with Crippen LogP contribution >= 0.6 is 0 Å². The molecule has 0 saturated heterocycles. The van der Waals surface area contributed by atoms with Crippen LogP contribution in [0.5, 0.6) is 11.5 Å². The van der Waals surface area contributed by atoms with Crippen LogP contribution in [-0.2, 0) is 20.6 Å². The quantitative estimate of drug-likeness (QED) is 0.765. The number of allylic oxidation sites excluding steroid dienone is 2. The molecular formula is C19H23NO5S. The lowest BCUT2D eigenvalue weighted by molar-refractivity contribution is 0.200. The summed E-state index contributed by atoms with van der Waals surface area (Å²) in [4.78, 5) is 0. The molecule has 1 atom stereocenters. The summed E-state index contributed by atoms with van der Waals surface area (Å²) in [6, 6.07) is 8.04. The molecule has 0 aromatic heterocycles. The minimum atomic E-state index is -2.92. The number of benzene rings is 1. The normalized spacial score (nSPS) is 23.3. The lowest BCUT2D eigenvalue weighted by atomic mass is 9.72. The molecule has 0 heterocycles. The van der Waals surface area contributed by atoms with Crippen molar-refractivity contribution in [1.82, 2.24) is 0 Å². The van der Waals surface area contributed by atoms with Gasteiger partial charge in [-0.25, -0.2) is 0 Å². The number of nitriles is 1. The average Bonchev–Trinajstić information content (AvgIpc) is 3.15. The first-order chi connectivity index (χ1) is 12.6. The van der Waals surface area contributed by atoms with Gasteiger partial charge in [-0.05, 0) is 62.3 Å². The van der Waals surface area contributed by atoms with Crippen molar-refractivity contribution in [1.29, 1.82) is 5.26 Å². The second-order valence-corrected chi connectivity index (χ2v) is 7.40. The number of nitrogens with zero attached hydrogens (tertiary/aromatic N) is 1. The molecule has 0 aliphatic heterocycles. The first-order valence-corrected chi connectivity index (χ1v) is 9.94. The van der Waals surface area contributed by atoms with Crippen molar-refractivity contribution in [2.24, 2.45) is 0 Å². The van der Waals surface area contributed by atoms with Gasteiger partial charge in [-0.1, -0.05) is 6.07 Å². The van der Waals surface area contributed by atoms with Crippen molar-refractivity contribution >= 4 is 11.0 Å². The summed E-state index contributed by atoms with van der Waals surface area (Å²) in [6.07, 6.45) is 7.60. The average molecular weight is 377 g/mol. The van der Waals surface area contributed by atoms with E-state index >= 15 is 0 Å². The second kappa shape index (κ2) is 8.00. The van der Waals surface area contributed by atoms with Crippen molar-refractivity contribution in [3.05, 3.63) is 35.6 Å². The summed E-state index contributed by atoms with van der Waals surface area (Å²) < 4.78 is 37.8. The van der Waals surface area contributed by atoms with Gasteiger partial charge in [0.1, 0.15) is 5.76 Å². The first-order valence-electron chi connectivity index (χ1n) is 8.84. The van der Waals surface area contributed by atoms with Crippen LogP contribution in [0.4, 0.5) is 0 Å². The molecule has 1 aromatic carbocycles. The predicted octanol–water partition coefficient (Wildman–Crippen LogP) is 3.39. The van der Waals surface area contributed by atoms with Gasteiger partial charge in [-0.2, -0.15) is 13.7 Å². The van der Waals surface area contributed by atoms with E-state index in [0.29, 0.717) is 36.5 Å². The lowest BCUT2D eigenvalue weighted by Gasteiger charge is -2.30. The van der Waals surface area contributed by atoms with Gasteiger partial charge in [0.25, 0.3) is 11.0 Å². The summed E-state index contributed by atoms with van der Waals surface area (Å²) in [5, 5.41) is 9.85. The molecule has 7 heteroatoms. The van der Waals surface area contributed by atoms with Crippen LogP contribution in [0, 0.1) is 11.3 Å². The van der Waals surface area contributed by atoms with E-state index in [1.807, 2.05) is 18.2 Å². The minimum absolute atomic E-state index is 0.191. The number of thiol groups is 1. The SMILES string of the molecule is COc1ccc(C2(C#N)CC=C(O[SH](=O)=O)CC2)cc1OC1CCCC1. The van der Waals surface area contributed by atoms with Crippen LogP contribution in [0.2, 0.25) is 0 Å². The van der Waals surface area contributed by atoms with Crippen molar-refractivity contribution in [3.63, 3.8) is 0 Å². The summed E-state index contributed by atoms with van der Waals surface area (Å²) >= 11 is 0. The number of methoxy groups -OCH3 is 1. The van der Waals surface area contributed by atoms with E-state index in [1.54, 1.807) is 13.2 Å². The van der Waals surface area contributed by atoms with Gasteiger partial charge in [0.05, 0.1) is 24.7 Å². The molecule has 1 saturated carbocycles. The topological polar surface area (TPSA) is 85.6 Å². The maximum absolute atomic E-state index is 10.7. The molecule has 3 rings (SSSR count). The van der Waals surface area contributed by atoms with Crippen LogP contribution in [0.1, 0.15) is 50.5 Å². The highest BCUT2D eigenvalue weighted by Gasteiger charge is 2.35. The summed E-state index contributed by atoms with van der Waals surface area (Å²) in [7, 11) is -1.32. The van der Waals surface area contributed by atoms with Gasteiger partial charge in [0, 0.05) is 6.42 Å². The summed E-state index contributed by atoms with van der Waals surface area (Å²) in [6.45, 7) is 0. The predicted molar refractivity (Wildman–Crippen MR) is 96.5 cm³/mol. The van der Waals surface area contributed by atoms with Gasteiger partial charge in [0.15, 0.2) is 11.5 Å². The molecule has 26 heavy (non-hydrogen) atoms. The lowest BCUT2D eigenvalue weighted by Crippen LogP contribution is -2.27. The Balaban J connectivity index is 1.87. The third kappa shape index (κ3) is 3.96. The van der Waals surface area contributed by atoms with Gasteiger partial charge >= 0.3 is 0 Å². The molecular weight excluding hydrogens is 354 g/mol. The van der Waals surface area contributed by atoms with Crippen LogP contribution in [0.25, 0.3) is 0 Å². The molecule has 0 bridgehead atoms. The Morgan fingerprint density at radius 2 is 2.00 bits per heavy atom. The zero-order valence-corrected chi connectivity index (χ0v) is 15.7. The Hall–Kier alpha value is -2.20. The van der Waals surface area contributed by atoms with Crippen LogP contribution in [-0.4, -0.2) is 21.6 Å². The molecule has 2 aliphatic rings. The zero-order chi connectivity index (χ0) is 18.6. The highest BCUT2D eigenvalue weighted by molar-refractivity contribution is 7.67. The van der Waals surface area contributed by atoms with E-state index in [9.17, 15) is 13.7 Å². The number of hydrogen-bond donors (Lipinski definition) is 1. The third-order valence-corrected chi connectivity index (χ3v) is 5.58. The van der Waals surface area contributed by atoms with Crippen LogP contribution in [0.15, 0.2) is 30.0 Å². The smallest absolute Gasteiger partial charge is 0.298 e. The number of ether oxygens (including phenoxy) is 2. The van der Waals surface area contributed by atoms with Gasteiger partial charge in [0.2, 0.25) is 0 Å². The monoisotopic (exact) mass is 377 g/mol. The third-order valence-electron chi connectivity index (χ3n) is 5.19. The van der Waals surface area contributed by atoms with Crippen molar-refractivity contribution in [2.45, 2.75) is 56.5 Å². The fourth-order valence-corrected chi connectivity index (χ4v) is 4.05. The highest BCUT2D eigenvalue weighted by Crippen LogP contribution is 2.42. The van der Waals surface area contributed by atoms with E-state index < -0.39 is 16.4 Å². The minimum Gasteiger partial charge on any atom is -0.493 e. The van der Waals surface area contributed by atoms with E-state index in [-0.39, 0.29) is 6.10 Å². The van der Waals surface area contributed by atoms with Gasteiger partial charge in [-0.3, -0.25) is 0 Å². The second-order valence-electron chi connectivity index (χ2n) is 6.77. The Labute approximate surface area is 155 Å². The Kier molecular flexibility index (Phi) is 5.72. The largest absolute Gasteiger partial charge is 0.493 e. The Morgan fingerprint density at radius 3 is 2.58 bits per heavy atom. The summed E-state index contributed by atoms with van der Waals surface area (Å²) in [5.41, 5.74) is 0.136. The molecule has 6 nitrogen and oxygen atoms in total. The van der Waals surface area contributed by atoms with Gasteiger partial charge in [-0.15, -0.1) is 0 Å². The molecule has 1 fully saturated rings. The number of hydrogen-bond acceptors (Lipinski definition) is 6. The molecule has 0 spiro atoms. The maximum atomic E-state index is 10.7. The Bertz CT molecular complexity index is 797. The van der Waals surface area contributed by atoms with Crippen molar-refractivity contribution in [2.75, 3.05) is 7.11 Å². The molecule has 0 radical (unpaired) electrons. The summed E-state index contributed by atoms with van der Waals surface area (Å²) in [5.74, 6) is 1.73. The molecule has 2 aliphatic carbocycles. The maximum Gasteiger partial charge on any atom is 0.298 e.